The zero-order chi connectivity index (χ0) is 25.2. The van der Waals surface area contributed by atoms with E-state index in [1.807, 2.05) is 24.3 Å². The summed E-state index contributed by atoms with van der Waals surface area (Å²) in [5.41, 5.74) is 1.89. The highest BCUT2D eigenvalue weighted by Gasteiger charge is 2.22. The van der Waals surface area contributed by atoms with Crippen LogP contribution in [0.25, 0.3) is 0 Å². The van der Waals surface area contributed by atoms with Crippen molar-refractivity contribution >= 4 is 29.6 Å². The van der Waals surface area contributed by atoms with Crippen molar-refractivity contribution in [2.24, 2.45) is 0 Å². The first kappa shape index (κ1) is 25.6. The van der Waals surface area contributed by atoms with E-state index in [-0.39, 0.29) is 17.0 Å². The molecule has 0 bridgehead atoms. The predicted molar refractivity (Wildman–Crippen MR) is 131 cm³/mol. The van der Waals surface area contributed by atoms with Crippen molar-refractivity contribution in [3.63, 3.8) is 0 Å². The van der Waals surface area contributed by atoms with Crippen LogP contribution in [0.3, 0.4) is 0 Å². The van der Waals surface area contributed by atoms with Crippen molar-refractivity contribution in [3.8, 4) is 11.5 Å². The van der Waals surface area contributed by atoms with Gasteiger partial charge in [-0.1, -0.05) is 48.0 Å². The van der Waals surface area contributed by atoms with E-state index in [1.54, 1.807) is 49.6 Å². The molecule has 0 aliphatic carbocycles. The van der Waals surface area contributed by atoms with Crippen LogP contribution in [-0.2, 0) is 17.6 Å². The Morgan fingerprint density at radius 1 is 0.914 bits per heavy atom. The third kappa shape index (κ3) is 7.75. The summed E-state index contributed by atoms with van der Waals surface area (Å²) >= 11 is 6.02. The van der Waals surface area contributed by atoms with Crippen LogP contribution >= 0.6 is 11.6 Å². The average Bonchev–Trinajstić information content (AvgIpc) is 2.85. The summed E-state index contributed by atoms with van der Waals surface area (Å²) in [6.07, 6.45) is 0.0793. The number of hydrogen-bond acceptors (Lipinski definition) is 5. The van der Waals surface area contributed by atoms with Crippen LogP contribution in [-0.4, -0.2) is 42.8 Å². The number of nitrogens with one attached hydrogen (secondary N) is 2. The summed E-state index contributed by atoms with van der Waals surface area (Å²) in [4.78, 5) is 36.1. The van der Waals surface area contributed by atoms with Crippen LogP contribution in [0, 0.1) is 0 Å². The first-order valence-corrected chi connectivity index (χ1v) is 11.2. The van der Waals surface area contributed by atoms with Crippen molar-refractivity contribution < 1.29 is 29.0 Å². The first-order chi connectivity index (χ1) is 16.9. The topological polar surface area (TPSA) is 114 Å². The lowest BCUT2D eigenvalue weighted by Gasteiger charge is -2.15. The van der Waals surface area contributed by atoms with Gasteiger partial charge >= 0.3 is 12.1 Å². The van der Waals surface area contributed by atoms with Crippen LogP contribution in [0.5, 0.6) is 11.5 Å². The smallest absolute Gasteiger partial charge is 0.412 e. The van der Waals surface area contributed by atoms with Crippen molar-refractivity contribution in [2.75, 3.05) is 13.7 Å². The second kappa shape index (κ2) is 12.4. The molecule has 1 atom stereocenters. The van der Waals surface area contributed by atoms with Crippen molar-refractivity contribution in [2.45, 2.75) is 18.9 Å². The quantitative estimate of drug-likeness (QED) is 0.389. The number of carboxylic acids is 1. The molecule has 0 aliphatic rings. The molecule has 0 saturated carbocycles. The summed E-state index contributed by atoms with van der Waals surface area (Å²) in [6, 6.07) is 19.2. The minimum absolute atomic E-state index is 0.0415. The van der Waals surface area contributed by atoms with Gasteiger partial charge in [0.2, 0.25) is 0 Å². The van der Waals surface area contributed by atoms with Crippen LogP contribution < -0.4 is 20.1 Å². The fourth-order valence-electron chi connectivity index (χ4n) is 3.25. The van der Waals surface area contributed by atoms with Gasteiger partial charge in [-0.25, -0.2) is 9.59 Å². The van der Waals surface area contributed by atoms with Crippen molar-refractivity contribution in [1.29, 1.82) is 0 Å². The molecule has 0 aromatic heterocycles. The minimum atomic E-state index is -1.18. The van der Waals surface area contributed by atoms with Gasteiger partial charge in [-0.2, -0.15) is 0 Å². The monoisotopic (exact) mass is 496 g/mol. The molecule has 0 radical (unpaired) electrons. The molecular weight excluding hydrogens is 472 g/mol. The summed E-state index contributed by atoms with van der Waals surface area (Å²) in [7, 11) is 1.60. The Kier molecular flexibility index (Phi) is 9.09. The molecule has 0 heterocycles. The lowest BCUT2D eigenvalue weighted by atomic mass is 10.1. The Labute approximate surface area is 207 Å². The third-order valence-electron chi connectivity index (χ3n) is 5.14. The molecule has 1 unspecified atom stereocenters. The van der Waals surface area contributed by atoms with Gasteiger partial charge in [0.15, 0.2) is 0 Å². The van der Waals surface area contributed by atoms with Crippen LogP contribution in [0.1, 0.15) is 21.5 Å². The standard InChI is InChI=1S/C26H25ClN2O6/c1-34-19-10-6-17(7-11-19)14-15-28-26(33)35-20-12-8-18(9-13-20)16-23(25(31)32)29-24(30)21-4-2-3-5-22(21)27/h2-13,23H,14-16H2,1H3,(H,28,33)(H,29,30)(H,31,32). The Bertz CT molecular complexity index is 1170. The Balaban J connectivity index is 1.49. The maximum atomic E-state index is 12.4. The fourth-order valence-corrected chi connectivity index (χ4v) is 3.48. The van der Waals surface area contributed by atoms with Crippen LogP contribution in [0.4, 0.5) is 4.79 Å². The zero-order valence-electron chi connectivity index (χ0n) is 19.0. The number of methoxy groups -OCH3 is 1. The molecule has 3 N–H and O–H groups in total. The Hall–Kier alpha value is -4.04. The lowest BCUT2D eigenvalue weighted by Crippen LogP contribution is -2.42. The molecule has 182 valence electrons. The first-order valence-electron chi connectivity index (χ1n) is 10.8. The van der Waals surface area contributed by atoms with E-state index in [0.717, 1.165) is 11.3 Å². The molecule has 35 heavy (non-hydrogen) atoms. The lowest BCUT2D eigenvalue weighted by molar-refractivity contribution is -0.139. The highest BCUT2D eigenvalue weighted by Crippen LogP contribution is 2.17. The largest absolute Gasteiger partial charge is 0.497 e. The van der Waals surface area contributed by atoms with E-state index < -0.39 is 24.0 Å². The molecule has 0 fully saturated rings. The fraction of sp³-hybridized carbons (Fsp3) is 0.192. The molecule has 3 rings (SSSR count). The van der Waals surface area contributed by atoms with Gasteiger partial charge in [-0.05, 0) is 53.9 Å². The molecule has 3 aromatic rings. The molecule has 0 aliphatic heterocycles. The van der Waals surface area contributed by atoms with Gasteiger partial charge in [0.1, 0.15) is 17.5 Å². The Morgan fingerprint density at radius 3 is 2.17 bits per heavy atom. The summed E-state index contributed by atoms with van der Waals surface area (Å²) in [5, 5.41) is 14.9. The highest BCUT2D eigenvalue weighted by atomic mass is 35.5. The van der Waals surface area contributed by atoms with E-state index in [0.29, 0.717) is 24.3 Å². The van der Waals surface area contributed by atoms with Crippen LogP contribution in [0.15, 0.2) is 72.8 Å². The molecular formula is C26H25ClN2O6. The van der Waals surface area contributed by atoms with Crippen LogP contribution in [0.2, 0.25) is 5.02 Å². The number of carbonyl (C=O) groups excluding carboxylic acids is 2. The molecule has 8 nitrogen and oxygen atoms in total. The van der Waals surface area contributed by atoms with E-state index in [4.69, 9.17) is 21.1 Å². The summed E-state index contributed by atoms with van der Waals surface area (Å²) in [5.74, 6) is -0.680. The number of halogens is 1. The second-order valence-corrected chi connectivity index (χ2v) is 8.01. The van der Waals surface area contributed by atoms with E-state index in [9.17, 15) is 19.5 Å². The maximum Gasteiger partial charge on any atom is 0.412 e. The summed E-state index contributed by atoms with van der Waals surface area (Å²) in [6.45, 7) is 0.397. The van der Waals surface area contributed by atoms with Gasteiger partial charge in [0.05, 0.1) is 17.7 Å². The van der Waals surface area contributed by atoms with E-state index >= 15 is 0 Å². The van der Waals surface area contributed by atoms with E-state index in [2.05, 4.69) is 10.6 Å². The molecule has 0 saturated heterocycles. The molecule has 9 heteroatoms. The predicted octanol–water partition coefficient (Wildman–Crippen LogP) is 4.11. The number of ether oxygens (including phenoxy) is 2. The number of aliphatic carboxylic acids is 1. The van der Waals surface area contributed by atoms with Crippen molar-refractivity contribution in [1.82, 2.24) is 10.6 Å². The van der Waals surface area contributed by atoms with Gasteiger partial charge in [0, 0.05) is 13.0 Å². The zero-order valence-corrected chi connectivity index (χ0v) is 19.7. The number of hydrogen-bond donors (Lipinski definition) is 3. The SMILES string of the molecule is COc1ccc(CCNC(=O)Oc2ccc(CC(NC(=O)c3ccccc3Cl)C(=O)O)cc2)cc1. The number of amides is 2. The second-order valence-electron chi connectivity index (χ2n) is 7.61. The normalized spacial score (nSPS) is 11.3. The highest BCUT2D eigenvalue weighted by molar-refractivity contribution is 6.33. The number of carbonyl (C=O) groups is 3. The molecule has 3 aromatic carbocycles. The third-order valence-corrected chi connectivity index (χ3v) is 5.47. The van der Waals surface area contributed by atoms with E-state index in [1.165, 1.54) is 6.07 Å². The van der Waals surface area contributed by atoms with Crippen molar-refractivity contribution in [3.05, 3.63) is 94.5 Å². The average molecular weight is 497 g/mol. The number of benzene rings is 3. The summed E-state index contributed by atoms with van der Waals surface area (Å²) < 4.78 is 10.4. The number of carboxylic acid groups (broad SMARTS) is 1. The molecule has 2 amide bonds. The minimum Gasteiger partial charge on any atom is -0.497 e. The Morgan fingerprint density at radius 2 is 1.54 bits per heavy atom. The van der Waals surface area contributed by atoms with Gasteiger partial charge in [-0.15, -0.1) is 0 Å². The molecule has 0 spiro atoms. The maximum absolute atomic E-state index is 12.4. The van der Waals surface area contributed by atoms with Gasteiger partial charge < -0.3 is 25.2 Å². The number of rotatable bonds is 10. The van der Waals surface area contributed by atoms with Gasteiger partial charge in [0.25, 0.3) is 5.91 Å². The van der Waals surface area contributed by atoms with Gasteiger partial charge in [-0.3, -0.25) is 4.79 Å².